The second-order valence-electron chi connectivity index (χ2n) is 5.96. The summed E-state index contributed by atoms with van der Waals surface area (Å²) < 4.78 is 51.7. The van der Waals surface area contributed by atoms with Crippen molar-refractivity contribution in [3.8, 4) is 0 Å². The fraction of sp³-hybridized carbons (Fsp3) is 0.500. The molecule has 0 fully saturated rings. The van der Waals surface area contributed by atoms with Crippen LogP contribution in [0.3, 0.4) is 0 Å². The summed E-state index contributed by atoms with van der Waals surface area (Å²) in [6.45, 7) is 4.86. The highest BCUT2D eigenvalue weighted by atomic mass is 32.2. The highest BCUT2D eigenvalue weighted by Gasteiger charge is 2.24. The van der Waals surface area contributed by atoms with E-state index in [-0.39, 0.29) is 17.9 Å². The SMILES string of the molecule is Cc1cc(C)c(S(=O)(=O)NCCC(=O)NC(CC(F)F)C(=O)O)c(C)c1. The minimum absolute atomic E-state index is 0.115. The largest absolute Gasteiger partial charge is 0.480 e. The number of alkyl halides is 2. The second-order valence-corrected chi connectivity index (χ2v) is 7.66. The molecule has 0 heterocycles. The van der Waals surface area contributed by atoms with Crippen LogP contribution in [0.4, 0.5) is 8.78 Å². The van der Waals surface area contributed by atoms with Crippen molar-refractivity contribution in [1.29, 1.82) is 0 Å². The molecule has 1 rings (SSSR count). The normalized spacial score (nSPS) is 12.8. The summed E-state index contributed by atoms with van der Waals surface area (Å²) in [7, 11) is -3.86. The molecule has 26 heavy (non-hydrogen) atoms. The Labute approximate surface area is 150 Å². The Hall–Kier alpha value is -2.07. The lowest BCUT2D eigenvalue weighted by molar-refractivity contribution is -0.143. The van der Waals surface area contributed by atoms with Crippen LogP contribution in [0, 0.1) is 20.8 Å². The van der Waals surface area contributed by atoms with Gasteiger partial charge in [0.2, 0.25) is 22.4 Å². The van der Waals surface area contributed by atoms with Gasteiger partial charge in [0, 0.05) is 19.4 Å². The first kappa shape index (κ1) is 22.0. The van der Waals surface area contributed by atoms with Crippen LogP contribution in [0.2, 0.25) is 0 Å². The van der Waals surface area contributed by atoms with Crippen molar-refractivity contribution in [1.82, 2.24) is 10.0 Å². The molecule has 0 saturated carbocycles. The summed E-state index contributed by atoms with van der Waals surface area (Å²) in [4.78, 5) is 22.6. The lowest BCUT2D eigenvalue weighted by Crippen LogP contribution is -2.43. The molecular weight excluding hydrogens is 370 g/mol. The zero-order chi connectivity index (χ0) is 20.1. The van der Waals surface area contributed by atoms with Crippen molar-refractivity contribution < 1.29 is 31.9 Å². The molecule has 0 aromatic heterocycles. The van der Waals surface area contributed by atoms with Crippen LogP contribution in [0.25, 0.3) is 0 Å². The van der Waals surface area contributed by atoms with Crippen molar-refractivity contribution in [2.45, 2.75) is 51.0 Å². The van der Waals surface area contributed by atoms with Gasteiger partial charge in [-0.3, -0.25) is 4.79 Å². The molecule has 0 aliphatic carbocycles. The summed E-state index contributed by atoms with van der Waals surface area (Å²) >= 11 is 0. The molecule has 3 N–H and O–H groups in total. The van der Waals surface area contributed by atoms with Crippen LogP contribution in [-0.4, -0.2) is 44.4 Å². The summed E-state index contributed by atoms with van der Waals surface area (Å²) in [6.07, 6.45) is -4.28. The Balaban J connectivity index is 2.69. The number of hydrogen-bond acceptors (Lipinski definition) is 4. The molecule has 1 atom stereocenters. The fourth-order valence-electron chi connectivity index (χ4n) is 2.63. The van der Waals surface area contributed by atoms with Gasteiger partial charge in [0.25, 0.3) is 0 Å². The maximum Gasteiger partial charge on any atom is 0.326 e. The Morgan fingerprint density at radius 3 is 2.15 bits per heavy atom. The predicted molar refractivity (Wildman–Crippen MR) is 90.6 cm³/mol. The molecule has 0 saturated heterocycles. The molecule has 10 heteroatoms. The van der Waals surface area contributed by atoms with E-state index in [0.29, 0.717) is 11.1 Å². The van der Waals surface area contributed by atoms with Gasteiger partial charge >= 0.3 is 5.97 Å². The first-order valence-corrected chi connectivity index (χ1v) is 9.30. The number of aryl methyl sites for hydroxylation is 3. The predicted octanol–water partition coefficient (Wildman–Crippen LogP) is 1.50. The molecular formula is C16H22F2N2O5S. The van der Waals surface area contributed by atoms with Crippen molar-refractivity contribution in [3.63, 3.8) is 0 Å². The molecule has 1 aromatic rings. The molecule has 0 spiro atoms. The summed E-state index contributed by atoms with van der Waals surface area (Å²) in [6, 6.07) is 1.72. The lowest BCUT2D eigenvalue weighted by Gasteiger charge is -2.15. The molecule has 0 bridgehead atoms. The van der Waals surface area contributed by atoms with Crippen LogP contribution in [-0.2, 0) is 19.6 Å². The minimum atomic E-state index is -3.86. The highest BCUT2D eigenvalue weighted by molar-refractivity contribution is 7.89. The Bertz CT molecular complexity index is 758. The van der Waals surface area contributed by atoms with Gasteiger partial charge < -0.3 is 10.4 Å². The maximum atomic E-state index is 12.4. The molecule has 0 radical (unpaired) electrons. The van der Waals surface area contributed by atoms with E-state index in [1.165, 1.54) is 0 Å². The zero-order valence-corrected chi connectivity index (χ0v) is 15.5. The number of amides is 1. The highest BCUT2D eigenvalue weighted by Crippen LogP contribution is 2.21. The van der Waals surface area contributed by atoms with Gasteiger partial charge in [-0.1, -0.05) is 17.7 Å². The van der Waals surface area contributed by atoms with Crippen molar-refractivity contribution >= 4 is 21.9 Å². The van der Waals surface area contributed by atoms with E-state index in [4.69, 9.17) is 5.11 Å². The monoisotopic (exact) mass is 392 g/mol. The number of carbonyl (C=O) groups excluding carboxylic acids is 1. The Morgan fingerprint density at radius 1 is 1.15 bits per heavy atom. The maximum absolute atomic E-state index is 12.4. The molecule has 7 nitrogen and oxygen atoms in total. The second kappa shape index (κ2) is 9.04. The van der Waals surface area contributed by atoms with Crippen LogP contribution >= 0.6 is 0 Å². The van der Waals surface area contributed by atoms with Gasteiger partial charge in [0.1, 0.15) is 6.04 Å². The molecule has 0 aliphatic rings. The number of aliphatic carboxylic acids is 1. The minimum Gasteiger partial charge on any atom is -0.480 e. The topological polar surface area (TPSA) is 113 Å². The van der Waals surface area contributed by atoms with Gasteiger partial charge in [0.05, 0.1) is 4.90 Å². The first-order chi connectivity index (χ1) is 11.9. The van der Waals surface area contributed by atoms with Crippen molar-refractivity contribution in [3.05, 3.63) is 28.8 Å². The van der Waals surface area contributed by atoms with E-state index in [0.717, 1.165) is 5.56 Å². The van der Waals surface area contributed by atoms with Crippen LogP contribution in [0.15, 0.2) is 17.0 Å². The number of sulfonamides is 1. The van der Waals surface area contributed by atoms with E-state index in [9.17, 15) is 26.8 Å². The number of halogens is 2. The number of hydrogen-bond donors (Lipinski definition) is 3. The average molecular weight is 392 g/mol. The quantitative estimate of drug-likeness (QED) is 0.590. The first-order valence-electron chi connectivity index (χ1n) is 7.82. The third kappa shape index (κ3) is 6.34. The van der Waals surface area contributed by atoms with Gasteiger partial charge in [0.15, 0.2) is 0 Å². The van der Waals surface area contributed by atoms with Gasteiger partial charge in [-0.15, -0.1) is 0 Å². The third-order valence-corrected chi connectivity index (χ3v) is 5.33. The van der Waals surface area contributed by atoms with Gasteiger partial charge in [-0.2, -0.15) is 0 Å². The number of carboxylic acid groups (broad SMARTS) is 1. The summed E-state index contributed by atoms with van der Waals surface area (Å²) in [5, 5.41) is 10.7. The van der Waals surface area contributed by atoms with E-state index in [1.54, 1.807) is 26.0 Å². The average Bonchev–Trinajstić information content (AvgIpc) is 2.43. The number of nitrogens with one attached hydrogen (secondary N) is 2. The van der Waals surface area contributed by atoms with E-state index < -0.39 is 40.8 Å². The van der Waals surface area contributed by atoms with Crippen LogP contribution < -0.4 is 10.0 Å². The number of benzene rings is 1. The number of rotatable bonds is 9. The third-order valence-electron chi connectivity index (χ3n) is 3.56. The van der Waals surface area contributed by atoms with E-state index >= 15 is 0 Å². The molecule has 146 valence electrons. The number of carboxylic acids is 1. The molecule has 1 aromatic carbocycles. The van der Waals surface area contributed by atoms with Crippen molar-refractivity contribution in [2.24, 2.45) is 0 Å². The Morgan fingerprint density at radius 2 is 1.69 bits per heavy atom. The fourth-order valence-corrected chi connectivity index (χ4v) is 4.11. The van der Waals surface area contributed by atoms with Gasteiger partial charge in [-0.25, -0.2) is 26.7 Å². The van der Waals surface area contributed by atoms with Gasteiger partial charge in [-0.05, 0) is 31.9 Å². The zero-order valence-electron chi connectivity index (χ0n) is 14.7. The van der Waals surface area contributed by atoms with E-state index in [1.807, 2.05) is 12.2 Å². The smallest absolute Gasteiger partial charge is 0.326 e. The van der Waals surface area contributed by atoms with E-state index in [2.05, 4.69) is 4.72 Å². The standard InChI is InChI=1S/C16H22F2N2O5S/c1-9-6-10(2)15(11(3)7-9)26(24,25)19-5-4-14(21)20-12(16(22)23)8-13(17)18/h6-7,12-13,19H,4-5,8H2,1-3H3,(H,20,21)(H,22,23). The molecule has 0 aliphatic heterocycles. The lowest BCUT2D eigenvalue weighted by atomic mass is 10.1. The molecule has 1 amide bonds. The Kier molecular flexibility index (Phi) is 7.64. The summed E-state index contributed by atoms with van der Waals surface area (Å²) in [5.74, 6) is -2.41. The van der Waals surface area contributed by atoms with Crippen LogP contribution in [0.1, 0.15) is 29.5 Å². The molecule has 1 unspecified atom stereocenters. The van der Waals surface area contributed by atoms with Crippen molar-refractivity contribution in [2.75, 3.05) is 6.54 Å². The van der Waals surface area contributed by atoms with Crippen LogP contribution in [0.5, 0.6) is 0 Å². The number of carbonyl (C=O) groups is 2. The summed E-state index contributed by atoms with van der Waals surface area (Å²) in [5.41, 5.74) is 2.03.